The van der Waals surface area contributed by atoms with E-state index in [1.54, 1.807) is 6.07 Å². The van der Waals surface area contributed by atoms with E-state index in [-0.39, 0.29) is 34.0 Å². The van der Waals surface area contributed by atoms with Crippen LogP contribution in [0.25, 0.3) is 0 Å². The Hall–Kier alpha value is -1.60. The molecule has 0 radical (unpaired) electrons. The number of phenolic OH excluding ortho intramolecular Hbond substituents is 1. The monoisotopic (exact) mass is 410 g/mol. The van der Waals surface area contributed by atoms with Gasteiger partial charge in [-0.3, -0.25) is 9.69 Å². The van der Waals surface area contributed by atoms with Crippen molar-refractivity contribution in [2.24, 2.45) is 0 Å². The molecule has 1 aliphatic rings. The second-order valence-electron chi connectivity index (χ2n) is 9.67. The maximum Gasteiger partial charge on any atom is 0.255 e. The third kappa shape index (κ3) is 5.70. The predicted octanol–water partition coefficient (Wildman–Crippen LogP) is 2.45. The van der Waals surface area contributed by atoms with Gasteiger partial charge in [0.25, 0.3) is 5.91 Å². The molecule has 1 saturated heterocycles. The molecule has 1 aromatic carbocycles. The van der Waals surface area contributed by atoms with E-state index < -0.39 is 9.84 Å². The van der Waals surface area contributed by atoms with Crippen molar-refractivity contribution in [2.75, 3.05) is 37.7 Å². The van der Waals surface area contributed by atoms with Crippen molar-refractivity contribution in [3.8, 4) is 5.75 Å². The van der Waals surface area contributed by atoms with Gasteiger partial charge in [-0.1, -0.05) is 47.6 Å². The summed E-state index contributed by atoms with van der Waals surface area (Å²) in [6, 6.07) is 3.76. The maximum absolute atomic E-state index is 12.8. The zero-order chi connectivity index (χ0) is 21.3. The number of rotatable bonds is 4. The van der Waals surface area contributed by atoms with Crippen LogP contribution in [0, 0.1) is 0 Å². The highest BCUT2D eigenvalue weighted by Crippen LogP contribution is 2.37. The molecule has 1 aromatic rings. The van der Waals surface area contributed by atoms with Gasteiger partial charge >= 0.3 is 0 Å². The van der Waals surface area contributed by atoms with Crippen LogP contribution in [0.2, 0.25) is 0 Å². The Bertz CT molecular complexity index is 819. The average Bonchev–Trinajstić information content (AvgIpc) is 2.54. The largest absolute Gasteiger partial charge is 0.507 e. The summed E-state index contributed by atoms with van der Waals surface area (Å²) in [5, 5.41) is 13.6. The number of aromatic hydroxyl groups is 1. The van der Waals surface area contributed by atoms with Gasteiger partial charge in [-0.25, -0.2) is 8.42 Å². The van der Waals surface area contributed by atoms with E-state index in [1.807, 2.05) is 31.7 Å². The summed E-state index contributed by atoms with van der Waals surface area (Å²) in [5.41, 5.74) is 1.60. The molecule has 1 fully saturated rings. The normalized spacial score (nSPS) is 18.1. The van der Waals surface area contributed by atoms with Gasteiger partial charge in [0.05, 0.1) is 17.1 Å². The topological polar surface area (TPSA) is 86.7 Å². The number of carbonyl (C=O) groups excluding carboxylic acids is 1. The molecule has 0 unspecified atom stereocenters. The van der Waals surface area contributed by atoms with Crippen LogP contribution >= 0.6 is 0 Å². The Labute approximate surface area is 169 Å². The zero-order valence-electron chi connectivity index (χ0n) is 17.9. The van der Waals surface area contributed by atoms with Crippen molar-refractivity contribution < 1.29 is 18.3 Å². The minimum absolute atomic E-state index is 0.0297. The summed E-state index contributed by atoms with van der Waals surface area (Å²) in [7, 11) is -2.91. The third-order valence-corrected chi connectivity index (χ3v) is 6.79. The first kappa shape index (κ1) is 22.7. The maximum atomic E-state index is 12.8. The fraction of sp³-hybridized carbons (Fsp3) is 0.667. The van der Waals surface area contributed by atoms with E-state index in [2.05, 4.69) is 26.1 Å². The molecule has 1 aliphatic heterocycles. The fourth-order valence-corrected chi connectivity index (χ4v) is 4.49. The number of carbonyl (C=O) groups is 1. The number of hydrogen-bond acceptors (Lipinski definition) is 5. The second kappa shape index (κ2) is 8.03. The molecule has 1 amide bonds. The molecule has 0 atom stereocenters. The molecule has 0 spiro atoms. The third-order valence-electron chi connectivity index (χ3n) is 5.18. The van der Waals surface area contributed by atoms with Crippen LogP contribution < -0.4 is 5.32 Å². The molecule has 28 heavy (non-hydrogen) atoms. The number of nitrogens with zero attached hydrogens (tertiary/aromatic N) is 1. The van der Waals surface area contributed by atoms with Crippen LogP contribution in [0.5, 0.6) is 5.75 Å². The van der Waals surface area contributed by atoms with Crippen LogP contribution in [0.1, 0.15) is 63.0 Å². The smallest absolute Gasteiger partial charge is 0.255 e. The number of amides is 1. The molecule has 2 N–H and O–H groups in total. The standard InChI is InChI=1S/C21H34N2O4S/c1-20(2,3)15-13-16(18(24)17(14-15)21(4,5)6)19(25)22-7-8-23-9-11-28(26,27)12-10-23/h13-14,24H,7-12H2,1-6H3,(H,22,25). The number of nitrogens with one attached hydrogen (secondary N) is 1. The Balaban J connectivity index is 2.14. The summed E-state index contributed by atoms with van der Waals surface area (Å²) in [5.74, 6) is 0.0648. The molecular formula is C21H34N2O4S. The van der Waals surface area contributed by atoms with Gasteiger partial charge in [-0.15, -0.1) is 0 Å². The molecule has 0 bridgehead atoms. The number of sulfone groups is 1. The first-order chi connectivity index (χ1) is 12.7. The first-order valence-corrected chi connectivity index (χ1v) is 11.6. The van der Waals surface area contributed by atoms with E-state index in [0.29, 0.717) is 31.7 Å². The lowest BCUT2D eigenvalue weighted by Gasteiger charge is -2.28. The minimum atomic E-state index is -2.91. The number of benzene rings is 1. The van der Waals surface area contributed by atoms with Gasteiger partial charge in [-0.2, -0.15) is 0 Å². The van der Waals surface area contributed by atoms with Crippen molar-refractivity contribution in [1.82, 2.24) is 10.2 Å². The van der Waals surface area contributed by atoms with Crippen molar-refractivity contribution in [3.05, 3.63) is 28.8 Å². The Kier molecular flexibility index (Phi) is 6.50. The molecular weight excluding hydrogens is 376 g/mol. The highest BCUT2D eigenvalue weighted by Gasteiger charge is 2.27. The van der Waals surface area contributed by atoms with Crippen LogP contribution in [-0.4, -0.2) is 62.0 Å². The van der Waals surface area contributed by atoms with E-state index in [1.165, 1.54) is 0 Å². The summed E-state index contributed by atoms with van der Waals surface area (Å²) in [6.07, 6.45) is 0. The zero-order valence-corrected chi connectivity index (χ0v) is 18.7. The van der Waals surface area contributed by atoms with Gasteiger partial charge in [0.15, 0.2) is 9.84 Å². The summed E-state index contributed by atoms with van der Waals surface area (Å²) < 4.78 is 23.0. The lowest BCUT2D eigenvalue weighted by molar-refractivity contribution is 0.0945. The Morgan fingerprint density at radius 3 is 2.14 bits per heavy atom. The van der Waals surface area contributed by atoms with Crippen LogP contribution in [-0.2, 0) is 20.7 Å². The molecule has 0 aliphatic carbocycles. The SMILES string of the molecule is CC(C)(C)c1cc(C(=O)NCCN2CCS(=O)(=O)CC2)c(O)c(C(C)(C)C)c1. The van der Waals surface area contributed by atoms with Crippen molar-refractivity contribution in [1.29, 1.82) is 0 Å². The van der Waals surface area contributed by atoms with Gasteiger partial charge in [0, 0.05) is 31.7 Å². The van der Waals surface area contributed by atoms with E-state index in [4.69, 9.17) is 0 Å². The molecule has 158 valence electrons. The minimum Gasteiger partial charge on any atom is -0.507 e. The predicted molar refractivity (Wildman–Crippen MR) is 113 cm³/mol. The molecule has 0 aromatic heterocycles. The number of hydrogen-bond donors (Lipinski definition) is 2. The summed E-state index contributed by atoms with van der Waals surface area (Å²) in [6.45, 7) is 14.3. The van der Waals surface area contributed by atoms with E-state index >= 15 is 0 Å². The van der Waals surface area contributed by atoms with Crippen LogP contribution in [0.15, 0.2) is 12.1 Å². The highest BCUT2D eigenvalue weighted by atomic mass is 32.2. The fourth-order valence-electron chi connectivity index (χ4n) is 3.21. The van der Waals surface area contributed by atoms with Gasteiger partial charge < -0.3 is 10.4 Å². The van der Waals surface area contributed by atoms with E-state index in [0.717, 1.165) is 11.1 Å². The van der Waals surface area contributed by atoms with Gasteiger partial charge in [0.1, 0.15) is 5.75 Å². The summed E-state index contributed by atoms with van der Waals surface area (Å²) in [4.78, 5) is 14.8. The molecule has 1 heterocycles. The van der Waals surface area contributed by atoms with Gasteiger partial charge in [-0.05, 0) is 22.5 Å². The van der Waals surface area contributed by atoms with Gasteiger partial charge in [0.2, 0.25) is 0 Å². The first-order valence-electron chi connectivity index (χ1n) is 9.80. The lowest BCUT2D eigenvalue weighted by atomic mass is 9.79. The second-order valence-corrected chi connectivity index (χ2v) is 12.0. The highest BCUT2D eigenvalue weighted by molar-refractivity contribution is 7.91. The lowest BCUT2D eigenvalue weighted by Crippen LogP contribution is -2.43. The average molecular weight is 411 g/mol. The quantitative estimate of drug-likeness (QED) is 0.796. The Morgan fingerprint density at radius 2 is 1.64 bits per heavy atom. The Morgan fingerprint density at radius 1 is 1.07 bits per heavy atom. The molecule has 6 nitrogen and oxygen atoms in total. The van der Waals surface area contributed by atoms with Crippen molar-refractivity contribution in [2.45, 2.75) is 52.4 Å². The molecule has 7 heteroatoms. The van der Waals surface area contributed by atoms with Crippen LogP contribution in [0.3, 0.4) is 0 Å². The molecule has 0 saturated carbocycles. The molecule has 2 rings (SSSR count). The van der Waals surface area contributed by atoms with E-state index in [9.17, 15) is 18.3 Å². The van der Waals surface area contributed by atoms with Crippen molar-refractivity contribution >= 4 is 15.7 Å². The van der Waals surface area contributed by atoms with Crippen molar-refractivity contribution in [3.63, 3.8) is 0 Å². The number of phenols is 1. The summed E-state index contributed by atoms with van der Waals surface area (Å²) >= 11 is 0. The van der Waals surface area contributed by atoms with Crippen LogP contribution in [0.4, 0.5) is 0 Å².